The van der Waals surface area contributed by atoms with Crippen LogP contribution in [0.2, 0.25) is 0 Å². The summed E-state index contributed by atoms with van der Waals surface area (Å²) in [7, 11) is 0. The van der Waals surface area contributed by atoms with Crippen molar-refractivity contribution in [2.24, 2.45) is 0 Å². The van der Waals surface area contributed by atoms with Gasteiger partial charge in [-0.3, -0.25) is 0 Å². The monoisotopic (exact) mass is 218 g/mol. The molecule has 16 heavy (non-hydrogen) atoms. The lowest BCUT2D eigenvalue weighted by molar-refractivity contribution is 0.339. The van der Waals surface area contributed by atoms with E-state index in [-0.39, 0.29) is 0 Å². The molecular weight excluding hydrogens is 196 g/mol. The van der Waals surface area contributed by atoms with Crippen LogP contribution in [0.5, 0.6) is 5.75 Å². The first-order valence-electron chi connectivity index (χ1n) is 5.99. The predicted molar refractivity (Wildman–Crippen MR) is 70.3 cm³/mol. The lowest BCUT2D eigenvalue weighted by Crippen LogP contribution is -2.01. The highest BCUT2D eigenvalue weighted by molar-refractivity contribution is 5.40. The molecule has 0 aliphatic carbocycles. The first-order valence-corrected chi connectivity index (χ1v) is 5.99. The van der Waals surface area contributed by atoms with Gasteiger partial charge in [-0.1, -0.05) is 32.9 Å². The first kappa shape index (κ1) is 12.8. The van der Waals surface area contributed by atoms with Gasteiger partial charge in [0.2, 0.25) is 0 Å². The predicted octanol–water partition coefficient (Wildman–Crippen LogP) is 4.50. The van der Waals surface area contributed by atoms with E-state index < -0.39 is 0 Å². The Morgan fingerprint density at radius 1 is 1.25 bits per heavy atom. The van der Waals surface area contributed by atoms with Gasteiger partial charge in [0.15, 0.2) is 0 Å². The van der Waals surface area contributed by atoms with Crippen LogP contribution in [0.3, 0.4) is 0 Å². The zero-order valence-electron chi connectivity index (χ0n) is 10.8. The van der Waals surface area contributed by atoms with Crippen molar-refractivity contribution in [2.45, 2.75) is 39.5 Å². The van der Waals surface area contributed by atoms with Crippen molar-refractivity contribution in [1.29, 1.82) is 0 Å². The Bertz CT molecular complexity index is 352. The van der Waals surface area contributed by atoms with Crippen molar-refractivity contribution in [2.75, 3.05) is 6.61 Å². The second kappa shape index (κ2) is 5.74. The van der Waals surface area contributed by atoms with E-state index in [1.54, 1.807) is 0 Å². The van der Waals surface area contributed by atoms with Crippen LogP contribution in [0.1, 0.15) is 50.7 Å². The fourth-order valence-electron chi connectivity index (χ4n) is 1.86. The van der Waals surface area contributed by atoms with Gasteiger partial charge < -0.3 is 4.74 Å². The molecule has 0 radical (unpaired) electrons. The maximum atomic E-state index is 5.54. The third-order valence-corrected chi connectivity index (χ3v) is 2.84. The van der Waals surface area contributed by atoms with E-state index in [4.69, 9.17) is 4.74 Å². The lowest BCUT2D eigenvalue weighted by atomic mass is 9.89. The smallest absolute Gasteiger partial charge is 0.119 e. The summed E-state index contributed by atoms with van der Waals surface area (Å²) in [6, 6.07) is 6.37. The lowest BCUT2D eigenvalue weighted by Gasteiger charge is -2.17. The molecular formula is C15H22O. The van der Waals surface area contributed by atoms with Crippen LogP contribution in [0.4, 0.5) is 0 Å². The molecule has 0 spiro atoms. The summed E-state index contributed by atoms with van der Waals surface area (Å²) in [5.41, 5.74) is 2.71. The van der Waals surface area contributed by atoms with Crippen LogP contribution >= 0.6 is 0 Å². The zero-order chi connectivity index (χ0) is 12.1. The maximum absolute atomic E-state index is 5.54. The molecule has 0 aliphatic rings. The Morgan fingerprint density at radius 2 is 1.94 bits per heavy atom. The van der Waals surface area contributed by atoms with Crippen LogP contribution < -0.4 is 4.74 Å². The van der Waals surface area contributed by atoms with E-state index in [1.807, 2.05) is 13.0 Å². The van der Waals surface area contributed by atoms with Crippen molar-refractivity contribution >= 4 is 0 Å². The zero-order valence-corrected chi connectivity index (χ0v) is 10.8. The van der Waals surface area contributed by atoms with Crippen LogP contribution in [0.25, 0.3) is 0 Å². The molecule has 0 aliphatic heterocycles. The third-order valence-electron chi connectivity index (χ3n) is 2.84. The summed E-state index contributed by atoms with van der Waals surface area (Å²) in [5.74, 6) is 1.86. The molecule has 0 heterocycles. The number of allylic oxidation sites excluding steroid dienone is 1. The summed E-state index contributed by atoms with van der Waals surface area (Å²) in [5, 5.41) is 0. The molecule has 88 valence electrons. The second-order valence-corrected chi connectivity index (χ2v) is 4.40. The molecule has 0 saturated carbocycles. The maximum Gasteiger partial charge on any atom is 0.119 e. The van der Waals surface area contributed by atoms with Crippen molar-refractivity contribution in [3.63, 3.8) is 0 Å². The molecule has 1 aromatic carbocycles. The van der Waals surface area contributed by atoms with Gasteiger partial charge in [-0.05, 0) is 42.0 Å². The average Bonchev–Trinajstić information content (AvgIpc) is 2.28. The normalized spacial score (nSPS) is 12.6. The van der Waals surface area contributed by atoms with Gasteiger partial charge in [0.05, 0.1) is 6.61 Å². The third kappa shape index (κ3) is 2.88. The van der Waals surface area contributed by atoms with Crippen LogP contribution in [0.15, 0.2) is 30.9 Å². The summed E-state index contributed by atoms with van der Waals surface area (Å²) in [6.07, 6.45) is 1.98. The minimum Gasteiger partial charge on any atom is -0.494 e. The number of rotatable bonds is 5. The summed E-state index contributed by atoms with van der Waals surface area (Å²) in [4.78, 5) is 0. The van der Waals surface area contributed by atoms with Crippen LogP contribution in [0, 0.1) is 0 Å². The molecule has 0 bridgehead atoms. The van der Waals surface area contributed by atoms with Crippen molar-refractivity contribution in [1.82, 2.24) is 0 Å². The van der Waals surface area contributed by atoms with E-state index >= 15 is 0 Å². The number of hydrogen-bond acceptors (Lipinski definition) is 1. The molecule has 0 N–H and O–H groups in total. The number of ether oxygens (including phenoxy) is 1. The Morgan fingerprint density at radius 3 is 2.44 bits per heavy atom. The molecule has 0 amide bonds. The summed E-state index contributed by atoms with van der Waals surface area (Å²) >= 11 is 0. The van der Waals surface area contributed by atoms with Crippen LogP contribution in [-0.2, 0) is 0 Å². The van der Waals surface area contributed by atoms with Gasteiger partial charge >= 0.3 is 0 Å². The fourth-order valence-corrected chi connectivity index (χ4v) is 1.86. The largest absolute Gasteiger partial charge is 0.494 e. The standard InChI is InChI=1S/C15H22O/c1-6-12(5)15-10-13(16-7-2)8-9-14(15)11(3)4/h6,8-12H,1,7H2,2-5H3. The highest BCUT2D eigenvalue weighted by Crippen LogP contribution is 2.30. The van der Waals surface area contributed by atoms with Crippen molar-refractivity contribution in [3.8, 4) is 5.75 Å². The van der Waals surface area contributed by atoms with Gasteiger partial charge in [-0.25, -0.2) is 0 Å². The topological polar surface area (TPSA) is 9.23 Å². The molecule has 1 unspecified atom stereocenters. The SMILES string of the molecule is C=CC(C)c1cc(OCC)ccc1C(C)C. The van der Waals surface area contributed by atoms with E-state index in [9.17, 15) is 0 Å². The molecule has 1 atom stereocenters. The molecule has 0 aromatic heterocycles. The number of benzene rings is 1. The summed E-state index contributed by atoms with van der Waals surface area (Å²) in [6.45, 7) is 13.2. The molecule has 0 saturated heterocycles. The Kier molecular flexibility index (Phi) is 4.60. The van der Waals surface area contributed by atoms with Gasteiger partial charge in [0, 0.05) is 0 Å². The van der Waals surface area contributed by atoms with E-state index in [0.29, 0.717) is 18.4 Å². The number of hydrogen-bond donors (Lipinski definition) is 0. The molecule has 0 fully saturated rings. The van der Waals surface area contributed by atoms with E-state index in [2.05, 4.69) is 45.5 Å². The average molecular weight is 218 g/mol. The highest BCUT2D eigenvalue weighted by Gasteiger charge is 2.11. The van der Waals surface area contributed by atoms with Gasteiger partial charge in [0.25, 0.3) is 0 Å². The van der Waals surface area contributed by atoms with Crippen molar-refractivity contribution < 1.29 is 4.74 Å². The Hall–Kier alpha value is -1.24. The highest BCUT2D eigenvalue weighted by atomic mass is 16.5. The Balaban J connectivity index is 3.15. The minimum atomic E-state index is 0.373. The molecule has 1 nitrogen and oxygen atoms in total. The van der Waals surface area contributed by atoms with Crippen molar-refractivity contribution in [3.05, 3.63) is 42.0 Å². The molecule has 1 aromatic rings. The fraction of sp³-hybridized carbons (Fsp3) is 0.467. The molecule has 1 heteroatoms. The van der Waals surface area contributed by atoms with Gasteiger partial charge in [-0.2, -0.15) is 0 Å². The van der Waals surface area contributed by atoms with E-state index in [1.165, 1.54) is 11.1 Å². The quantitative estimate of drug-likeness (QED) is 0.661. The minimum absolute atomic E-state index is 0.373. The Labute approximate surface area is 99.1 Å². The first-order chi connectivity index (χ1) is 7.60. The van der Waals surface area contributed by atoms with Crippen LogP contribution in [-0.4, -0.2) is 6.61 Å². The van der Waals surface area contributed by atoms with E-state index in [0.717, 1.165) is 5.75 Å². The second-order valence-electron chi connectivity index (χ2n) is 4.40. The molecule has 1 rings (SSSR count). The summed E-state index contributed by atoms with van der Waals surface area (Å²) < 4.78 is 5.54. The van der Waals surface area contributed by atoms with Gasteiger partial charge in [0.1, 0.15) is 5.75 Å². The van der Waals surface area contributed by atoms with Gasteiger partial charge in [-0.15, -0.1) is 6.58 Å².